The zero-order valence-electron chi connectivity index (χ0n) is 14.0. The molecule has 2 aromatic carbocycles. The van der Waals surface area contributed by atoms with Crippen LogP contribution in [0.25, 0.3) is 22.2 Å². The molecule has 0 saturated heterocycles. The van der Waals surface area contributed by atoms with E-state index in [1.807, 2.05) is 36.4 Å². The van der Waals surface area contributed by atoms with Crippen LogP contribution in [0.1, 0.15) is 23.7 Å². The lowest BCUT2D eigenvalue weighted by atomic mass is 10.1. The number of amides is 2. The maximum atomic E-state index is 12.1. The topological polar surface area (TPSA) is 86.9 Å². The van der Waals surface area contributed by atoms with Gasteiger partial charge in [-0.1, -0.05) is 30.3 Å². The van der Waals surface area contributed by atoms with Gasteiger partial charge in [0.25, 0.3) is 5.91 Å². The fourth-order valence-electron chi connectivity index (χ4n) is 2.62. The van der Waals surface area contributed by atoms with E-state index in [2.05, 4.69) is 20.8 Å². The Morgan fingerprint density at radius 3 is 2.48 bits per heavy atom. The summed E-state index contributed by atoms with van der Waals surface area (Å²) >= 11 is 0. The zero-order chi connectivity index (χ0) is 17.6. The first-order chi connectivity index (χ1) is 12.1. The fraction of sp³-hybridized carbons (Fsp3) is 0.211. The summed E-state index contributed by atoms with van der Waals surface area (Å²) in [5.41, 5.74) is 3.42. The lowest BCUT2D eigenvalue weighted by Crippen LogP contribution is -2.28. The van der Waals surface area contributed by atoms with Crippen LogP contribution >= 0.6 is 0 Å². The van der Waals surface area contributed by atoms with E-state index in [4.69, 9.17) is 0 Å². The van der Waals surface area contributed by atoms with E-state index in [1.165, 1.54) is 6.92 Å². The average molecular weight is 336 g/mol. The number of rotatable bonds is 6. The highest BCUT2D eigenvalue weighted by molar-refractivity contribution is 5.96. The van der Waals surface area contributed by atoms with Crippen LogP contribution in [0.5, 0.6) is 0 Å². The molecule has 25 heavy (non-hydrogen) atoms. The molecule has 0 bridgehead atoms. The molecule has 2 amide bonds. The van der Waals surface area contributed by atoms with Crippen molar-refractivity contribution in [3.05, 3.63) is 54.1 Å². The molecule has 6 heteroatoms. The smallest absolute Gasteiger partial charge is 0.251 e. The first-order valence-electron chi connectivity index (χ1n) is 8.21. The van der Waals surface area contributed by atoms with E-state index in [-0.39, 0.29) is 11.8 Å². The standard InChI is InChI=1S/C19H20N4O2/c1-13(24)20-11-4-12-21-19(25)15-9-7-14(8-10-15)18-16-5-2-3-6-17(16)22-23-18/h2-3,5-10H,4,11-12H2,1H3,(H,20,24)(H,21,25)(H,22,23). The molecule has 0 atom stereocenters. The summed E-state index contributed by atoms with van der Waals surface area (Å²) < 4.78 is 0. The van der Waals surface area contributed by atoms with Gasteiger partial charge in [0, 0.05) is 36.5 Å². The summed E-state index contributed by atoms with van der Waals surface area (Å²) in [6.45, 7) is 2.55. The number of para-hydroxylation sites is 1. The van der Waals surface area contributed by atoms with Gasteiger partial charge in [0.1, 0.15) is 0 Å². The molecule has 0 aliphatic heterocycles. The summed E-state index contributed by atoms with van der Waals surface area (Å²) in [4.78, 5) is 22.9. The third kappa shape index (κ3) is 4.03. The summed E-state index contributed by atoms with van der Waals surface area (Å²) in [7, 11) is 0. The van der Waals surface area contributed by atoms with Gasteiger partial charge in [-0.3, -0.25) is 14.7 Å². The lowest BCUT2D eigenvalue weighted by molar-refractivity contribution is -0.118. The van der Waals surface area contributed by atoms with Gasteiger partial charge in [-0.2, -0.15) is 5.10 Å². The molecule has 0 spiro atoms. The maximum absolute atomic E-state index is 12.1. The second-order valence-electron chi connectivity index (χ2n) is 5.79. The minimum atomic E-state index is -0.124. The normalized spacial score (nSPS) is 10.6. The monoisotopic (exact) mass is 336 g/mol. The molecular weight excluding hydrogens is 316 g/mol. The highest BCUT2D eigenvalue weighted by Gasteiger charge is 2.09. The number of aromatic nitrogens is 2. The predicted octanol–water partition coefficient (Wildman–Crippen LogP) is 2.49. The van der Waals surface area contributed by atoms with Crippen LogP contribution in [-0.4, -0.2) is 35.1 Å². The quantitative estimate of drug-likeness (QED) is 0.604. The molecule has 3 N–H and O–H groups in total. The Bertz CT molecular complexity index is 884. The molecule has 0 fully saturated rings. The van der Waals surface area contributed by atoms with E-state index >= 15 is 0 Å². The van der Waals surface area contributed by atoms with Gasteiger partial charge in [0.2, 0.25) is 5.91 Å². The number of benzene rings is 2. The van der Waals surface area contributed by atoms with Gasteiger partial charge in [-0.25, -0.2) is 0 Å². The van der Waals surface area contributed by atoms with E-state index < -0.39 is 0 Å². The first-order valence-corrected chi connectivity index (χ1v) is 8.21. The Morgan fingerprint density at radius 2 is 1.72 bits per heavy atom. The minimum Gasteiger partial charge on any atom is -0.356 e. The molecule has 6 nitrogen and oxygen atoms in total. The predicted molar refractivity (Wildman–Crippen MR) is 97.2 cm³/mol. The molecule has 3 aromatic rings. The highest BCUT2D eigenvalue weighted by Crippen LogP contribution is 2.26. The Morgan fingerprint density at radius 1 is 1.00 bits per heavy atom. The molecule has 0 aliphatic rings. The Labute approximate surface area is 145 Å². The van der Waals surface area contributed by atoms with Gasteiger partial charge in [0.05, 0.1) is 11.2 Å². The molecule has 0 unspecified atom stereocenters. The molecular formula is C19H20N4O2. The van der Waals surface area contributed by atoms with Crippen molar-refractivity contribution in [3.63, 3.8) is 0 Å². The second-order valence-corrected chi connectivity index (χ2v) is 5.79. The van der Waals surface area contributed by atoms with Crippen molar-refractivity contribution in [3.8, 4) is 11.3 Å². The van der Waals surface area contributed by atoms with Crippen LogP contribution in [0.4, 0.5) is 0 Å². The van der Waals surface area contributed by atoms with E-state index in [0.29, 0.717) is 25.1 Å². The maximum Gasteiger partial charge on any atom is 0.251 e. The number of fused-ring (bicyclic) bond motifs is 1. The number of carbonyl (C=O) groups excluding carboxylic acids is 2. The second kappa shape index (κ2) is 7.61. The Hall–Kier alpha value is -3.15. The fourth-order valence-corrected chi connectivity index (χ4v) is 2.62. The lowest BCUT2D eigenvalue weighted by Gasteiger charge is -2.06. The SMILES string of the molecule is CC(=O)NCCCNC(=O)c1ccc(-c2n[nH]c3ccccc23)cc1. The summed E-state index contributed by atoms with van der Waals surface area (Å²) in [6.07, 6.45) is 0.697. The van der Waals surface area contributed by atoms with Gasteiger partial charge in [-0.15, -0.1) is 0 Å². The molecule has 0 radical (unpaired) electrons. The average Bonchev–Trinajstić information content (AvgIpc) is 3.05. The van der Waals surface area contributed by atoms with E-state index in [9.17, 15) is 9.59 Å². The molecule has 3 rings (SSSR count). The number of H-pyrrole nitrogens is 1. The first kappa shape index (κ1) is 16.7. The van der Waals surface area contributed by atoms with Crippen molar-refractivity contribution < 1.29 is 9.59 Å². The zero-order valence-corrected chi connectivity index (χ0v) is 14.0. The van der Waals surface area contributed by atoms with Crippen LogP contribution in [0, 0.1) is 0 Å². The van der Waals surface area contributed by atoms with Crippen LogP contribution in [0.2, 0.25) is 0 Å². The van der Waals surface area contributed by atoms with Crippen LogP contribution in [-0.2, 0) is 4.79 Å². The summed E-state index contributed by atoms with van der Waals surface area (Å²) in [5.74, 6) is -0.186. The molecule has 1 heterocycles. The minimum absolute atomic E-state index is 0.0622. The van der Waals surface area contributed by atoms with Crippen molar-refractivity contribution in [1.29, 1.82) is 0 Å². The van der Waals surface area contributed by atoms with Crippen molar-refractivity contribution in [1.82, 2.24) is 20.8 Å². The highest BCUT2D eigenvalue weighted by atomic mass is 16.2. The number of nitrogens with zero attached hydrogens (tertiary/aromatic N) is 1. The van der Waals surface area contributed by atoms with Crippen molar-refractivity contribution in [2.75, 3.05) is 13.1 Å². The van der Waals surface area contributed by atoms with Crippen molar-refractivity contribution in [2.24, 2.45) is 0 Å². The Kier molecular flexibility index (Phi) is 5.09. The molecule has 128 valence electrons. The van der Waals surface area contributed by atoms with Gasteiger partial charge in [0.15, 0.2) is 0 Å². The van der Waals surface area contributed by atoms with Gasteiger partial charge >= 0.3 is 0 Å². The van der Waals surface area contributed by atoms with Crippen molar-refractivity contribution in [2.45, 2.75) is 13.3 Å². The largest absolute Gasteiger partial charge is 0.356 e. The third-order valence-electron chi connectivity index (χ3n) is 3.90. The number of carbonyl (C=O) groups is 2. The van der Waals surface area contributed by atoms with E-state index in [1.54, 1.807) is 12.1 Å². The van der Waals surface area contributed by atoms with Crippen LogP contribution in [0.3, 0.4) is 0 Å². The number of nitrogens with one attached hydrogen (secondary N) is 3. The van der Waals surface area contributed by atoms with Crippen LogP contribution < -0.4 is 10.6 Å². The summed E-state index contributed by atoms with van der Waals surface area (Å²) in [5, 5.41) is 14.0. The summed E-state index contributed by atoms with van der Waals surface area (Å²) in [6, 6.07) is 15.3. The molecule has 0 saturated carbocycles. The number of hydrogen-bond donors (Lipinski definition) is 3. The van der Waals surface area contributed by atoms with Gasteiger partial charge < -0.3 is 10.6 Å². The Balaban J connectivity index is 1.62. The third-order valence-corrected chi connectivity index (χ3v) is 3.90. The van der Waals surface area contributed by atoms with E-state index in [0.717, 1.165) is 22.2 Å². The van der Waals surface area contributed by atoms with Crippen molar-refractivity contribution >= 4 is 22.7 Å². The van der Waals surface area contributed by atoms with Gasteiger partial charge in [-0.05, 0) is 24.6 Å². The number of aromatic amines is 1. The van der Waals surface area contributed by atoms with Crippen LogP contribution in [0.15, 0.2) is 48.5 Å². The molecule has 0 aliphatic carbocycles. The number of hydrogen-bond acceptors (Lipinski definition) is 3. The molecule has 1 aromatic heterocycles.